The fraction of sp³-hybridized carbons (Fsp3) is 0.467. The van der Waals surface area contributed by atoms with Crippen molar-refractivity contribution in [2.24, 2.45) is 0 Å². The molecule has 1 amide bonds. The molecular formula is C15H19NO4. The standard InChI is InChI=1S/C15H19NO4/c17-9-3-8-16(13-6-2-7-13)14(18)11-4-1-5-12(10-11)15(19)20/h1,4-5,10,13,17H,2-3,6-9H2,(H,19,20). The molecule has 20 heavy (non-hydrogen) atoms. The molecule has 0 unspecified atom stereocenters. The van der Waals surface area contributed by atoms with E-state index >= 15 is 0 Å². The largest absolute Gasteiger partial charge is 0.478 e. The second-order valence-corrected chi connectivity index (χ2v) is 5.05. The SMILES string of the molecule is O=C(O)c1cccc(C(=O)N(CCCO)C2CCC2)c1. The predicted octanol–water partition coefficient (Wildman–Crippen LogP) is 1.76. The molecule has 0 saturated heterocycles. The molecule has 1 aliphatic rings. The van der Waals surface area contributed by atoms with Crippen LogP contribution in [0.3, 0.4) is 0 Å². The first-order valence-electron chi connectivity index (χ1n) is 6.88. The summed E-state index contributed by atoms with van der Waals surface area (Å²) in [6.45, 7) is 0.558. The van der Waals surface area contributed by atoms with Crippen molar-refractivity contribution in [3.63, 3.8) is 0 Å². The Morgan fingerprint density at radius 1 is 1.25 bits per heavy atom. The van der Waals surface area contributed by atoms with Crippen LogP contribution in [0.25, 0.3) is 0 Å². The summed E-state index contributed by atoms with van der Waals surface area (Å²) in [5, 5.41) is 17.9. The Morgan fingerprint density at radius 2 is 1.95 bits per heavy atom. The molecule has 0 atom stereocenters. The van der Waals surface area contributed by atoms with Gasteiger partial charge in [0, 0.05) is 24.8 Å². The number of benzene rings is 1. The minimum Gasteiger partial charge on any atom is -0.478 e. The van der Waals surface area contributed by atoms with Crippen LogP contribution in [0.1, 0.15) is 46.4 Å². The summed E-state index contributed by atoms with van der Waals surface area (Å²) in [4.78, 5) is 25.2. The summed E-state index contributed by atoms with van der Waals surface area (Å²) in [6, 6.07) is 6.33. The average molecular weight is 277 g/mol. The Kier molecular flexibility index (Phi) is 4.74. The summed E-state index contributed by atoms with van der Waals surface area (Å²) in [7, 11) is 0. The predicted molar refractivity (Wildman–Crippen MR) is 73.8 cm³/mol. The number of amides is 1. The number of hydrogen-bond acceptors (Lipinski definition) is 3. The molecule has 0 heterocycles. The molecular weight excluding hydrogens is 258 g/mol. The molecule has 2 rings (SSSR count). The van der Waals surface area contributed by atoms with Crippen LogP contribution in [-0.2, 0) is 0 Å². The lowest BCUT2D eigenvalue weighted by atomic mass is 9.90. The number of nitrogens with zero attached hydrogens (tertiary/aromatic N) is 1. The maximum absolute atomic E-state index is 12.5. The van der Waals surface area contributed by atoms with Gasteiger partial charge in [-0.05, 0) is 43.9 Å². The normalized spacial score (nSPS) is 14.7. The van der Waals surface area contributed by atoms with E-state index in [0.29, 0.717) is 18.5 Å². The van der Waals surface area contributed by atoms with Crippen LogP contribution in [0, 0.1) is 0 Å². The van der Waals surface area contributed by atoms with Crippen molar-refractivity contribution in [1.29, 1.82) is 0 Å². The van der Waals surface area contributed by atoms with Crippen molar-refractivity contribution in [3.8, 4) is 0 Å². The monoisotopic (exact) mass is 277 g/mol. The Labute approximate surface area is 117 Å². The molecule has 5 heteroatoms. The Bertz CT molecular complexity index is 496. The number of rotatable bonds is 6. The van der Waals surface area contributed by atoms with Gasteiger partial charge in [-0.2, -0.15) is 0 Å². The lowest BCUT2D eigenvalue weighted by molar-refractivity contribution is 0.0562. The highest BCUT2D eigenvalue weighted by Crippen LogP contribution is 2.26. The third-order valence-corrected chi connectivity index (χ3v) is 3.69. The maximum Gasteiger partial charge on any atom is 0.335 e. The molecule has 1 saturated carbocycles. The minimum absolute atomic E-state index is 0.0473. The molecule has 0 aromatic heterocycles. The van der Waals surface area contributed by atoms with Gasteiger partial charge in [0.2, 0.25) is 0 Å². The van der Waals surface area contributed by atoms with Gasteiger partial charge in [-0.3, -0.25) is 4.79 Å². The van der Waals surface area contributed by atoms with E-state index in [1.54, 1.807) is 17.0 Å². The van der Waals surface area contributed by atoms with Crippen molar-refractivity contribution < 1.29 is 19.8 Å². The molecule has 1 aromatic carbocycles. The van der Waals surface area contributed by atoms with Gasteiger partial charge in [0.05, 0.1) is 5.56 Å². The summed E-state index contributed by atoms with van der Waals surface area (Å²) in [5.74, 6) is -1.18. The zero-order chi connectivity index (χ0) is 14.5. The summed E-state index contributed by atoms with van der Waals surface area (Å²) < 4.78 is 0. The lowest BCUT2D eigenvalue weighted by Gasteiger charge is -2.37. The summed E-state index contributed by atoms with van der Waals surface area (Å²) >= 11 is 0. The van der Waals surface area contributed by atoms with Crippen molar-refractivity contribution >= 4 is 11.9 Å². The van der Waals surface area contributed by atoms with Crippen molar-refractivity contribution in [2.45, 2.75) is 31.7 Å². The zero-order valence-electron chi connectivity index (χ0n) is 11.3. The third kappa shape index (κ3) is 3.17. The van der Waals surface area contributed by atoms with Gasteiger partial charge < -0.3 is 15.1 Å². The molecule has 0 aliphatic heterocycles. The Morgan fingerprint density at radius 3 is 2.50 bits per heavy atom. The van der Waals surface area contributed by atoms with Crippen molar-refractivity contribution in [2.75, 3.05) is 13.2 Å². The van der Waals surface area contributed by atoms with Gasteiger partial charge in [0.15, 0.2) is 0 Å². The first-order chi connectivity index (χ1) is 9.63. The molecule has 1 fully saturated rings. The van der Waals surface area contributed by atoms with E-state index in [1.165, 1.54) is 12.1 Å². The molecule has 1 aromatic rings. The lowest BCUT2D eigenvalue weighted by Crippen LogP contribution is -2.45. The number of carboxylic acids is 1. The molecule has 1 aliphatic carbocycles. The first-order valence-corrected chi connectivity index (χ1v) is 6.88. The smallest absolute Gasteiger partial charge is 0.335 e. The fourth-order valence-electron chi connectivity index (χ4n) is 2.34. The van der Waals surface area contributed by atoms with Crippen LogP contribution >= 0.6 is 0 Å². The van der Waals surface area contributed by atoms with Crippen molar-refractivity contribution in [1.82, 2.24) is 4.90 Å². The number of hydrogen-bond donors (Lipinski definition) is 2. The van der Waals surface area contributed by atoms with Crippen LogP contribution < -0.4 is 0 Å². The topological polar surface area (TPSA) is 77.8 Å². The first kappa shape index (κ1) is 14.5. The maximum atomic E-state index is 12.5. The average Bonchev–Trinajstić information content (AvgIpc) is 2.40. The number of aliphatic hydroxyl groups excluding tert-OH is 1. The summed E-state index contributed by atoms with van der Waals surface area (Å²) in [6.07, 6.45) is 3.62. The zero-order valence-corrected chi connectivity index (χ0v) is 11.3. The van der Waals surface area contributed by atoms with E-state index in [9.17, 15) is 9.59 Å². The second kappa shape index (κ2) is 6.52. The van der Waals surface area contributed by atoms with Gasteiger partial charge in [-0.15, -0.1) is 0 Å². The second-order valence-electron chi connectivity index (χ2n) is 5.05. The number of carboxylic acid groups (broad SMARTS) is 1. The Hall–Kier alpha value is -1.88. The number of aliphatic hydroxyl groups is 1. The third-order valence-electron chi connectivity index (χ3n) is 3.69. The molecule has 2 N–H and O–H groups in total. The van der Waals surface area contributed by atoms with E-state index in [0.717, 1.165) is 19.3 Å². The van der Waals surface area contributed by atoms with Gasteiger partial charge in [-0.1, -0.05) is 6.07 Å². The van der Waals surface area contributed by atoms with Gasteiger partial charge in [0.25, 0.3) is 5.91 Å². The molecule has 0 radical (unpaired) electrons. The van der Waals surface area contributed by atoms with Crippen LogP contribution in [0.15, 0.2) is 24.3 Å². The molecule has 0 spiro atoms. The molecule has 108 valence electrons. The highest BCUT2D eigenvalue weighted by molar-refractivity contribution is 5.97. The number of carbonyl (C=O) groups is 2. The van der Waals surface area contributed by atoms with Crippen molar-refractivity contribution in [3.05, 3.63) is 35.4 Å². The van der Waals surface area contributed by atoms with Gasteiger partial charge >= 0.3 is 5.97 Å². The van der Waals surface area contributed by atoms with Crippen LogP contribution in [0.4, 0.5) is 0 Å². The quantitative estimate of drug-likeness (QED) is 0.830. The fourth-order valence-corrected chi connectivity index (χ4v) is 2.34. The highest BCUT2D eigenvalue weighted by Gasteiger charge is 2.29. The van der Waals surface area contributed by atoms with Crippen LogP contribution in [-0.4, -0.2) is 46.2 Å². The molecule has 5 nitrogen and oxygen atoms in total. The van der Waals surface area contributed by atoms with E-state index < -0.39 is 5.97 Å². The van der Waals surface area contributed by atoms with Crippen LogP contribution in [0.5, 0.6) is 0 Å². The highest BCUT2D eigenvalue weighted by atomic mass is 16.4. The number of carbonyl (C=O) groups excluding carboxylic acids is 1. The van der Waals surface area contributed by atoms with E-state index in [4.69, 9.17) is 10.2 Å². The van der Waals surface area contributed by atoms with Crippen LogP contribution in [0.2, 0.25) is 0 Å². The van der Waals surface area contributed by atoms with Gasteiger partial charge in [-0.25, -0.2) is 4.79 Å². The number of aromatic carboxylic acids is 1. The summed E-state index contributed by atoms with van der Waals surface area (Å²) in [5.41, 5.74) is 0.515. The van der Waals surface area contributed by atoms with E-state index in [2.05, 4.69) is 0 Å². The van der Waals surface area contributed by atoms with Gasteiger partial charge in [0.1, 0.15) is 0 Å². The van der Waals surface area contributed by atoms with E-state index in [-0.39, 0.29) is 24.1 Å². The Balaban J connectivity index is 2.17. The minimum atomic E-state index is -1.04. The van der Waals surface area contributed by atoms with E-state index in [1.807, 2.05) is 0 Å². The molecule has 0 bridgehead atoms.